The summed E-state index contributed by atoms with van der Waals surface area (Å²) in [6.45, 7) is 2.53. The molecule has 3 heterocycles. The van der Waals surface area contributed by atoms with E-state index in [1.54, 1.807) is 36.0 Å². The molecule has 0 saturated carbocycles. The largest absolute Gasteiger partial charge is 0.355 e. The van der Waals surface area contributed by atoms with Crippen molar-refractivity contribution in [1.29, 1.82) is 0 Å². The molecule has 3 rings (SSSR count). The predicted octanol–water partition coefficient (Wildman–Crippen LogP) is -0.0357. The maximum absolute atomic E-state index is 12.9. The Morgan fingerprint density at radius 2 is 2.11 bits per heavy atom. The van der Waals surface area contributed by atoms with Gasteiger partial charge in [0.1, 0.15) is 17.4 Å². The topological polar surface area (TPSA) is 109 Å². The third kappa shape index (κ3) is 3.97. The summed E-state index contributed by atoms with van der Waals surface area (Å²) in [6.07, 6.45) is 4.88. The number of aromatic nitrogens is 3. The SMILES string of the molecule is CCNC(=O)[C@@H]1C[C@H](NC(=O)c2ccccn2)CN1C(=O)c1cncn1C. The zero-order valence-corrected chi connectivity index (χ0v) is 15.3. The van der Waals surface area contributed by atoms with Crippen molar-refractivity contribution in [3.05, 3.63) is 48.3 Å². The number of hydrogen-bond acceptors (Lipinski definition) is 5. The van der Waals surface area contributed by atoms with E-state index in [1.165, 1.54) is 17.4 Å². The van der Waals surface area contributed by atoms with Crippen LogP contribution >= 0.6 is 0 Å². The van der Waals surface area contributed by atoms with Crippen molar-refractivity contribution in [3.8, 4) is 0 Å². The van der Waals surface area contributed by atoms with Crippen LogP contribution in [-0.4, -0.2) is 62.3 Å². The van der Waals surface area contributed by atoms with Crippen LogP contribution in [0.3, 0.4) is 0 Å². The third-order valence-corrected chi connectivity index (χ3v) is 4.48. The van der Waals surface area contributed by atoms with E-state index in [1.807, 2.05) is 6.92 Å². The van der Waals surface area contributed by atoms with Gasteiger partial charge in [0.25, 0.3) is 11.8 Å². The minimum atomic E-state index is -0.651. The minimum Gasteiger partial charge on any atom is -0.355 e. The highest BCUT2D eigenvalue weighted by molar-refractivity contribution is 5.97. The molecule has 0 spiro atoms. The number of carbonyl (C=O) groups excluding carboxylic acids is 3. The zero-order chi connectivity index (χ0) is 19.4. The van der Waals surface area contributed by atoms with Gasteiger partial charge in [-0.2, -0.15) is 0 Å². The molecule has 2 aromatic heterocycles. The van der Waals surface area contributed by atoms with E-state index in [0.717, 1.165) is 0 Å². The number of aryl methyl sites for hydroxylation is 1. The molecule has 0 bridgehead atoms. The van der Waals surface area contributed by atoms with Crippen molar-refractivity contribution in [2.75, 3.05) is 13.1 Å². The van der Waals surface area contributed by atoms with Gasteiger partial charge in [0.05, 0.1) is 12.5 Å². The molecule has 1 aliphatic heterocycles. The van der Waals surface area contributed by atoms with E-state index < -0.39 is 6.04 Å². The third-order valence-electron chi connectivity index (χ3n) is 4.48. The van der Waals surface area contributed by atoms with Gasteiger partial charge in [0, 0.05) is 32.4 Å². The van der Waals surface area contributed by atoms with Crippen LogP contribution in [0.1, 0.15) is 34.3 Å². The van der Waals surface area contributed by atoms with Crippen molar-refractivity contribution >= 4 is 17.7 Å². The highest BCUT2D eigenvalue weighted by Crippen LogP contribution is 2.21. The second-order valence-corrected chi connectivity index (χ2v) is 6.38. The van der Waals surface area contributed by atoms with Crippen molar-refractivity contribution in [1.82, 2.24) is 30.1 Å². The molecule has 2 N–H and O–H groups in total. The van der Waals surface area contributed by atoms with Gasteiger partial charge >= 0.3 is 0 Å². The maximum atomic E-state index is 12.9. The first-order chi connectivity index (χ1) is 13.0. The summed E-state index contributed by atoms with van der Waals surface area (Å²) >= 11 is 0. The molecule has 0 aliphatic carbocycles. The number of nitrogens with zero attached hydrogens (tertiary/aromatic N) is 4. The van der Waals surface area contributed by atoms with Gasteiger partial charge < -0.3 is 20.1 Å². The summed E-state index contributed by atoms with van der Waals surface area (Å²) in [5, 5.41) is 5.63. The van der Waals surface area contributed by atoms with E-state index in [0.29, 0.717) is 24.4 Å². The van der Waals surface area contributed by atoms with Crippen LogP contribution in [0.4, 0.5) is 0 Å². The minimum absolute atomic E-state index is 0.234. The lowest BCUT2D eigenvalue weighted by molar-refractivity contribution is -0.124. The highest BCUT2D eigenvalue weighted by Gasteiger charge is 2.41. The van der Waals surface area contributed by atoms with E-state index in [9.17, 15) is 14.4 Å². The van der Waals surface area contributed by atoms with Gasteiger partial charge in [0.2, 0.25) is 5.91 Å². The lowest BCUT2D eigenvalue weighted by atomic mass is 10.1. The molecule has 9 heteroatoms. The number of pyridine rings is 1. The smallest absolute Gasteiger partial charge is 0.272 e. The average Bonchev–Trinajstić information content (AvgIpc) is 3.28. The first kappa shape index (κ1) is 18.6. The van der Waals surface area contributed by atoms with E-state index in [-0.39, 0.29) is 30.3 Å². The molecule has 0 aromatic carbocycles. The molecule has 1 aliphatic rings. The van der Waals surface area contributed by atoms with Crippen LogP contribution in [0.15, 0.2) is 36.9 Å². The fourth-order valence-electron chi connectivity index (χ4n) is 3.17. The molecule has 2 aromatic rings. The number of nitrogens with one attached hydrogen (secondary N) is 2. The molecule has 9 nitrogen and oxygen atoms in total. The second kappa shape index (κ2) is 7.98. The number of rotatable bonds is 5. The van der Waals surface area contributed by atoms with Crippen LogP contribution in [0, 0.1) is 0 Å². The molecular weight excluding hydrogens is 348 g/mol. The summed E-state index contributed by atoms with van der Waals surface area (Å²) in [5.41, 5.74) is 0.685. The Morgan fingerprint density at radius 3 is 2.74 bits per heavy atom. The Balaban J connectivity index is 1.77. The Bertz CT molecular complexity index is 835. The standard InChI is InChI=1S/C18H22N6O3/c1-3-20-17(26)14-8-12(22-16(25)13-6-4-5-7-21-13)10-24(14)18(27)15-9-19-11-23(15)2/h4-7,9,11-12,14H,3,8,10H2,1-2H3,(H,20,26)(H,22,25)/t12-,14-/m0/s1. The predicted molar refractivity (Wildman–Crippen MR) is 96.8 cm³/mol. The van der Waals surface area contributed by atoms with Crippen molar-refractivity contribution in [3.63, 3.8) is 0 Å². The number of likely N-dealkylation sites (N-methyl/N-ethyl adjacent to an activating group) is 1. The van der Waals surface area contributed by atoms with Gasteiger partial charge in [-0.15, -0.1) is 0 Å². The van der Waals surface area contributed by atoms with E-state index >= 15 is 0 Å². The monoisotopic (exact) mass is 370 g/mol. The zero-order valence-electron chi connectivity index (χ0n) is 15.3. The van der Waals surface area contributed by atoms with Crippen LogP contribution < -0.4 is 10.6 Å². The summed E-state index contributed by atoms with van der Waals surface area (Å²) in [7, 11) is 1.72. The maximum Gasteiger partial charge on any atom is 0.272 e. The number of likely N-dealkylation sites (tertiary alicyclic amines) is 1. The van der Waals surface area contributed by atoms with Gasteiger partial charge in [0.15, 0.2) is 0 Å². The van der Waals surface area contributed by atoms with Gasteiger partial charge in [-0.25, -0.2) is 4.98 Å². The molecule has 142 valence electrons. The summed E-state index contributed by atoms with van der Waals surface area (Å²) in [5.74, 6) is -0.853. The first-order valence-corrected chi connectivity index (χ1v) is 8.78. The number of imidazole rings is 1. The molecule has 27 heavy (non-hydrogen) atoms. The molecule has 3 amide bonds. The number of carbonyl (C=O) groups is 3. The Kier molecular flexibility index (Phi) is 5.49. The van der Waals surface area contributed by atoms with Crippen LogP contribution in [-0.2, 0) is 11.8 Å². The fourth-order valence-corrected chi connectivity index (χ4v) is 3.17. The summed E-state index contributed by atoms with van der Waals surface area (Å²) < 4.78 is 1.61. The molecule has 1 saturated heterocycles. The molecule has 2 atom stereocenters. The highest BCUT2D eigenvalue weighted by atomic mass is 16.2. The van der Waals surface area contributed by atoms with E-state index in [4.69, 9.17) is 0 Å². The molecule has 0 unspecified atom stereocenters. The van der Waals surface area contributed by atoms with Crippen molar-refractivity contribution in [2.45, 2.75) is 25.4 Å². The van der Waals surface area contributed by atoms with Crippen LogP contribution in [0.5, 0.6) is 0 Å². The number of amides is 3. The lowest BCUT2D eigenvalue weighted by Gasteiger charge is -2.23. The Hall–Kier alpha value is -3.23. The van der Waals surface area contributed by atoms with Gasteiger partial charge in [-0.3, -0.25) is 19.4 Å². The Labute approximate surface area is 156 Å². The molecular formula is C18H22N6O3. The van der Waals surface area contributed by atoms with Gasteiger partial charge in [-0.05, 0) is 25.5 Å². The summed E-state index contributed by atoms with van der Waals surface area (Å²) in [4.78, 5) is 47.2. The fraction of sp³-hybridized carbons (Fsp3) is 0.389. The quantitative estimate of drug-likeness (QED) is 0.768. The molecule has 1 fully saturated rings. The van der Waals surface area contributed by atoms with Crippen LogP contribution in [0.2, 0.25) is 0 Å². The lowest BCUT2D eigenvalue weighted by Crippen LogP contribution is -2.46. The van der Waals surface area contributed by atoms with Gasteiger partial charge in [-0.1, -0.05) is 6.07 Å². The van der Waals surface area contributed by atoms with Crippen molar-refractivity contribution in [2.24, 2.45) is 7.05 Å². The second-order valence-electron chi connectivity index (χ2n) is 6.38. The molecule has 0 radical (unpaired) electrons. The van der Waals surface area contributed by atoms with Crippen molar-refractivity contribution < 1.29 is 14.4 Å². The number of hydrogen-bond donors (Lipinski definition) is 2. The normalized spacial score (nSPS) is 19.0. The Morgan fingerprint density at radius 1 is 1.30 bits per heavy atom. The average molecular weight is 370 g/mol. The first-order valence-electron chi connectivity index (χ1n) is 8.78. The van der Waals surface area contributed by atoms with E-state index in [2.05, 4.69) is 20.6 Å². The van der Waals surface area contributed by atoms with Crippen LogP contribution in [0.25, 0.3) is 0 Å². The summed E-state index contributed by atoms with van der Waals surface area (Å²) in [6, 6.07) is 4.08.